The Labute approximate surface area is 161 Å². The smallest absolute Gasteiger partial charge is 0.274 e. The van der Waals surface area contributed by atoms with Crippen LogP contribution in [0.5, 0.6) is 5.75 Å². The minimum Gasteiger partial charge on any atom is -0.495 e. The zero-order chi connectivity index (χ0) is 19.2. The minimum absolute atomic E-state index is 0.248. The number of nitrogens with zero attached hydrogens (tertiary/aromatic N) is 3. The molecule has 0 unspecified atom stereocenters. The van der Waals surface area contributed by atoms with E-state index in [1.807, 2.05) is 18.2 Å². The third kappa shape index (κ3) is 4.92. The lowest BCUT2D eigenvalue weighted by Crippen LogP contribution is -2.16. The van der Waals surface area contributed by atoms with Crippen molar-refractivity contribution in [3.8, 4) is 5.75 Å². The zero-order valence-corrected chi connectivity index (χ0v) is 15.6. The highest BCUT2D eigenvalue weighted by Gasteiger charge is 2.12. The number of halogens is 1. The van der Waals surface area contributed by atoms with Gasteiger partial charge >= 0.3 is 0 Å². The second-order valence-electron chi connectivity index (χ2n) is 5.70. The lowest BCUT2D eigenvalue weighted by atomic mass is 10.2. The van der Waals surface area contributed by atoms with Crippen molar-refractivity contribution in [1.82, 2.24) is 15.0 Å². The molecule has 2 N–H and O–H groups in total. The van der Waals surface area contributed by atoms with E-state index in [2.05, 4.69) is 25.6 Å². The highest BCUT2D eigenvalue weighted by Crippen LogP contribution is 2.27. The molecule has 0 atom stereocenters. The summed E-state index contributed by atoms with van der Waals surface area (Å²) < 4.78 is 5.11. The van der Waals surface area contributed by atoms with Crippen molar-refractivity contribution in [3.63, 3.8) is 0 Å². The predicted molar refractivity (Wildman–Crippen MR) is 104 cm³/mol. The van der Waals surface area contributed by atoms with Gasteiger partial charge in [0.1, 0.15) is 11.4 Å². The second-order valence-corrected chi connectivity index (χ2v) is 6.10. The molecule has 0 fully saturated rings. The molecular formula is C19H18ClN5O2. The molecule has 7 nitrogen and oxygen atoms in total. The molecule has 0 saturated carbocycles. The number of aromatic nitrogens is 3. The molecule has 3 aromatic rings. The van der Waals surface area contributed by atoms with Gasteiger partial charge in [-0.05, 0) is 43.3 Å². The molecule has 0 aliphatic carbocycles. The first-order valence-corrected chi connectivity index (χ1v) is 8.57. The first-order chi connectivity index (χ1) is 13.0. The topological polar surface area (TPSA) is 89.0 Å². The van der Waals surface area contributed by atoms with E-state index in [9.17, 15) is 4.79 Å². The van der Waals surface area contributed by atoms with Crippen LogP contribution in [-0.2, 0) is 6.54 Å². The third-order valence-electron chi connectivity index (χ3n) is 3.65. The van der Waals surface area contributed by atoms with E-state index >= 15 is 0 Å². The lowest BCUT2D eigenvalue weighted by Gasteiger charge is -2.10. The number of nitrogens with one attached hydrogen (secondary N) is 2. The number of anilines is 2. The average Bonchev–Trinajstić information content (AvgIpc) is 2.67. The number of pyridine rings is 1. The van der Waals surface area contributed by atoms with Crippen LogP contribution in [0, 0.1) is 6.92 Å². The van der Waals surface area contributed by atoms with Crippen LogP contribution in [0.15, 0.2) is 48.7 Å². The summed E-state index contributed by atoms with van der Waals surface area (Å²) in [6.45, 7) is 2.26. The molecule has 8 heteroatoms. The van der Waals surface area contributed by atoms with E-state index < -0.39 is 0 Å². The molecule has 0 bridgehead atoms. The maximum absolute atomic E-state index is 12.5. The summed E-state index contributed by atoms with van der Waals surface area (Å²) in [6.07, 6.45) is 1.72. The zero-order valence-electron chi connectivity index (χ0n) is 14.9. The third-order valence-corrected chi connectivity index (χ3v) is 3.95. The average molecular weight is 384 g/mol. The van der Waals surface area contributed by atoms with Gasteiger partial charge in [-0.3, -0.25) is 9.78 Å². The second kappa shape index (κ2) is 8.46. The van der Waals surface area contributed by atoms with Crippen LogP contribution in [-0.4, -0.2) is 28.0 Å². The number of carbonyl (C=O) groups excluding carboxylic acids is 1. The molecule has 0 saturated heterocycles. The number of ether oxygens (including phenoxy) is 1. The summed E-state index contributed by atoms with van der Waals surface area (Å²) >= 11 is 6.09. The Kier molecular flexibility index (Phi) is 5.83. The van der Waals surface area contributed by atoms with Crippen LogP contribution in [0.4, 0.5) is 11.6 Å². The molecule has 2 aromatic heterocycles. The number of amides is 1. The maximum Gasteiger partial charge on any atom is 0.274 e. The quantitative estimate of drug-likeness (QED) is 0.674. The van der Waals surface area contributed by atoms with Gasteiger partial charge in [-0.2, -0.15) is 0 Å². The van der Waals surface area contributed by atoms with Crippen molar-refractivity contribution in [2.75, 3.05) is 17.7 Å². The summed E-state index contributed by atoms with van der Waals surface area (Å²) in [6, 6.07) is 12.3. The van der Waals surface area contributed by atoms with Gasteiger partial charge in [0.25, 0.3) is 5.91 Å². The molecule has 0 spiro atoms. The number of hydrogen-bond donors (Lipinski definition) is 2. The van der Waals surface area contributed by atoms with Gasteiger partial charge in [0, 0.05) is 17.6 Å². The molecule has 1 aromatic carbocycles. The van der Waals surface area contributed by atoms with Crippen LogP contribution in [0.2, 0.25) is 5.02 Å². The standard InChI is InChI=1S/C19H18ClN5O2/c1-12-9-16(18(26)24-13-6-7-17(27-2)15(20)10-13)25-19(23-12)22-11-14-5-3-4-8-21-14/h3-10H,11H2,1-2H3,(H,24,26)(H,22,23,25). The SMILES string of the molecule is COc1ccc(NC(=O)c2cc(C)nc(NCc3ccccn3)n2)cc1Cl. The minimum atomic E-state index is -0.359. The van der Waals surface area contributed by atoms with Crippen LogP contribution in [0.1, 0.15) is 21.9 Å². The van der Waals surface area contributed by atoms with Crippen molar-refractivity contribution in [2.45, 2.75) is 13.5 Å². The summed E-state index contributed by atoms with van der Waals surface area (Å²) in [5.74, 6) is 0.537. The molecular weight excluding hydrogens is 366 g/mol. The van der Waals surface area contributed by atoms with Crippen LogP contribution >= 0.6 is 11.6 Å². The fraction of sp³-hybridized carbons (Fsp3) is 0.158. The lowest BCUT2D eigenvalue weighted by molar-refractivity contribution is 0.102. The summed E-state index contributed by atoms with van der Waals surface area (Å²) in [5, 5.41) is 6.26. The van der Waals surface area contributed by atoms with Gasteiger partial charge in [-0.1, -0.05) is 17.7 Å². The highest BCUT2D eigenvalue weighted by molar-refractivity contribution is 6.32. The van der Waals surface area contributed by atoms with Gasteiger partial charge in [0.15, 0.2) is 0 Å². The Morgan fingerprint density at radius 2 is 2.04 bits per heavy atom. The number of hydrogen-bond acceptors (Lipinski definition) is 6. The monoisotopic (exact) mass is 383 g/mol. The Morgan fingerprint density at radius 3 is 2.74 bits per heavy atom. The van der Waals surface area contributed by atoms with Crippen LogP contribution in [0.3, 0.4) is 0 Å². The molecule has 0 radical (unpaired) electrons. The Morgan fingerprint density at radius 1 is 1.19 bits per heavy atom. The van der Waals surface area contributed by atoms with Gasteiger partial charge in [-0.25, -0.2) is 9.97 Å². The summed E-state index contributed by atoms with van der Waals surface area (Å²) in [4.78, 5) is 25.4. The first-order valence-electron chi connectivity index (χ1n) is 8.19. The van der Waals surface area contributed by atoms with Crippen molar-refractivity contribution in [2.24, 2.45) is 0 Å². The van der Waals surface area contributed by atoms with E-state index in [1.165, 1.54) is 7.11 Å². The Balaban J connectivity index is 1.72. The molecule has 138 valence electrons. The van der Waals surface area contributed by atoms with Gasteiger partial charge in [0.2, 0.25) is 5.95 Å². The Hall–Kier alpha value is -3.19. The van der Waals surface area contributed by atoms with E-state index in [-0.39, 0.29) is 11.6 Å². The number of aryl methyl sites for hydroxylation is 1. The van der Waals surface area contributed by atoms with Crippen molar-refractivity contribution < 1.29 is 9.53 Å². The fourth-order valence-corrected chi connectivity index (χ4v) is 2.63. The summed E-state index contributed by atoms with van der Waals surface area (Å²) in [7, 11) is 1.53. The van der Waals surface area contributed by atoms with Gasteiger partial charge < -0.3 is 15.4 Å². The normalized spacial score (nSPS) is 10.3. The molecule has 27 heavy (non-hydrogen) atoms. The number of methoxy groups -OCH3 is 1. The molecule has 1 amide bonds. The van der Waals surface area contributed by atoms with Crippen molar-refractivity contribution in [1.29, 1.82) is 0 Å². The number of benzene rings is 1. The van der Waals surface area contributed by atoms with Gasteiger partial charge in [-0.15, -0.1) is 0 Å². The molecule has 3 rings (SSSR count). The first kappa shape index (κ1) is 18.6. The maximum atomic E-state index is 12.5. The van der Waals surface area contributed by atoms with Crippen molar-refractivity contribution >= 4 is 29.1 Å². The van der Waals surface area contributed by atoms with Crippen molar-refractivity contribution in [3.05, 3.63) is 70.8 Å². The van der Waals surface area contributed by atoms with Gasteiger partial charge in [0.05, 0.1) is 24.4 Å². The van der Waals surface area contributed by atoms with E-state index in [4.69, 9.17) is 16.3 Å². The summed E-state index contributed by atoms with van der Waals surface area (Å²) in [5.41, 5.74) is 2.32. The number of carbonyl (C=O) groups is 1. The molecule has 0 aliphatic heterocycles. The predicted octanol–water partition coefficient (Wildman–Crippen LogP) is 3.71. The largest absolute Gasteiger partial charge is 0.495 e. The van der Waals surface area contributed by atoms with E-state index in [0.717, 1.165) is 5.69 Å². The van der Waals surface area contributed by atoms with Crippen LogP contribution in [0.25, 0.3) is 0 Å². The Bertz CT molecular complexity index is 950. The fourth-order valence-electron chi connectivity index (χ4n) is 2.38. The van der Waals surface area contributed by atoms with E-state index in [1.54, 1.807) is 37.4 Å². The molecule has 0 aliphatic rings. The van der Waals surface area contributed by atoms with Crippen LogP contribution < -0.4 is 15.4 Å². The highest BCUT2D eigenvalue weighted by atomic mass is 35.5. The van der Waals surface area contributed by atoms with E-state index in [0.29, 0.717) is 34.6 Å². The number of rotatable bonds is 6. The molecule has 2 heterocycles.